The minimum absolute atomic E-state index is 0.0538. The van der Waals surface area contributed by atoms with Crippen LogP contribution in [0.25, 0.3) is 0 Å². The summed E-state index contributed by atoms with van der Waals surface area (Å²) in [6.07, 6.45) is 2.46. The van der Waals surface area contributed by atoms with Crippen molar-refractivity contribution in [1.82, 2.24) is 24.8 Å². The molecule has 0 N–H and O–H groups in total. The van der Waals surface area contributed by atoms with Gasteiger partial charge >= 0.3 is 0 Å². The molecule has 0 saturated carbocycles. The van der Waals surface area contributed by atoms with E-state index in [0.717, 1.165) is 12.0 Å². The first-order valence-corrected chi connectivity index (χ1v) is 8.12. The van der Waals surface area contributed by atoms with Crippen molar-refractivity contribution in [2.45, 2.75) is 19.9 Å². The lowest BCUT2D eigenvalue weighted by Crippen LogP contribution is -2.36. The molecular weight excluding hydrogens is 306 g/mol. The highest BCUT2D eigenvalue weighted by Gasteiger charge is 2.23. The van der Waals surface area contributed by atoms with Gasteiger partial charge in [-0.25, -0.2) is 4.68 Å². The molecular formula is C17H21N5O2. The van der Waals surface area contributed by atoms with Crippen molar-refractivity contribution < 1.29 is 9.59 Å². The Morgan fingerprint density at radius 3 is 2.50 bits per heavy atom. The van der Waals surface area contributed by atoms with E-state index in [9.17, 15) is 9.59 Å². The largest absolute Gasteiger partial charge is 0.341 e. The lowest BCUT2D eigenvalue weighted by Gasteiger charge is -2.20. The third kappa shape index (κ3) is 3.79. The summed E-state index contributed by atoms with van der Waals surface area (Å²) in [5.41, 5.74) is 1.45. The maximum absolute atomic E-state index is 12.6. The van der Waals surface area contributed by atoms with Crippen LogP contribution >= 0.6 is 0 Å². The minimum atomic E-state index is -0.125. The van der Waals surface area contributed by atoms with Crippen molar-refractivity contribution in [2.24, 2.45) is 0 Å². The Hall–Kier alpha value is -2.70. The van der Waals surface area contributed by atoms with E-state index in [1.807, 2.05) is 30.3 Å². The number of benzene rings is 1. The summed E-state index contributed by atoms with van der Waals surface area (Å²) in [4.78, 5) is 27.6. The molecule has 1 saturated heterocycles. The maximum Gasteiger partial charge on any atom is 0.276 e. The first-order chi connectivity index (χ1) is 11.6. The lowest BCUT2D eigenvalue weighted by molar-refractivity contribution is -0.128. The third-order valence-corrected chi connectivity index (χ3v) is 4.17. The molecule has 0 spiro atoms. The molecule has 1 fully saturated rings. The fourth-order valence-corrected chi connectivity index (χ4v) is 2.84. The molecule has 2 heterocycles. The van der Waals surface area contributed by atoms with E-state index in [1.54, 1.807) is 27.6 Å². The number of amides is 2. The zero-order chi connectivity index (χ0) is 16.9. The standard InChI is InChI=1S/C17H21N5O2/c1-14(23)20-8-5-9-21(11-10-20)17(24)16-13-22(19-18-16)12-15-6-3-2-4-7-15/h2-4,6-7,13H,5,8-12H2,1H3. The van der Waals surface area contributed by atoms with Gasteiger partial charge in [0.25, 0.3) is 5.91 Å². The number of nitrogens with zero attached hydrogens (tertiary/aromatic N) is 5. The normalized spacial score (nSPS) is 15.2. The van der Waals surface area contributed by atoms with Gasteiger partial charge in [0.15, 0.2) is 5.69 Å². The average Bonchev–Trinajstić information content (AvgIpc) is 2.90. The van der Waals surface area contributed by atoms with Crippen molar-refractivity contribution in [3.05, 3.63) is 47.8 Å². The molecule has 1 aromatic heterocycles. The highest BCUT2D eigenvalue weighted by molar-refractivity contribution is 5.92. The summed E-state index contributed by atoms with van der Waals surface area (Å²) in [6, 6.07) is 9.92. The second kappa shape index (κ2) is 7.25. The fourth-order valence-electron chi connectivity index (χ4n) is 2.84. The van der Waals surface area contributed by atoms with Gasteiger partial charge in [0, 0.05) is 33.1 Å². The average molecular weight is 327 g/mol. The summed E-state index contributed by atoms with van der Waals surface area (Å²) >= 11 is 0. The molecule has 1 aliphatic heterocycles. The van der Waals surface area contributed by atoms with E-state index in [0.29, 0.717) is 38.4 Å². The van der Waals surface area contributed by atoms with Crippen LogP contribution in [0.15, 0.2) is 36.5 Å². The summed E-state index contributed by atoms with van der Waals surface area (Å²) in [6.45, 7) is 4.57. The second-order valence-electron chi connectivity index (χ2n) is 5.94. The van der Waals surface area contributed by atoms with Gasteiger partial charge in [-0.05, 0) is 12.0 Å². The van der Waals surface area contributed by atoms with E-state index in [4.69, 9.17) is 0 Å². The Balaban J connectivity index is 1.64. The fraction of sp³-hybridized carbons (Fsp3) is 0.412. The summed E-state index contributed by atoms with van der Waals surface area (Å²) < 4.78 is 1.67. The molecule has 1 aromatic carbocycles. The third-order valence-electron chi connectivity index (χ3n) is 4.17. The van der Waals surface area contributed by atoms with Crippen molar-refractivity contribution in [1.29, 1.82) is 0 Å². The molecule has 0 radical (unpaired) electrons. The van der Waals surface area contributed by atoms with Crippen LogP contribution in [0.1, 0.15) is 29.4 Å². The van der Waals surface area contributed by atoms with Gasteiger partial charge in [0.05, 0.1) is 12.7 Å². The van der Waals surface area contributed by atoms with Crippen molar-refractivity contribution in [3.63, 3.8) is 0 Å². The summed E-state index contributed by atoms with van der Waals surface area (Å²) in [5.74, 6) is -0.0715. The molecule has 2 aromatic rings. The number of hydrogen-bond donors (Lipinski definition) is 0. The van der Waals surface area contributed by atoms with Gasteiger partial charge in [-0.1, -0.05) is 35.5 Å². The van der Waals surface area contributed by atoms with Crippen LogP contribution in [0.5, 0.6) is 0 Å². The Morgan fingerprint density at radius 1 is 1.04 bits per heavy atom. The Kier molecular flexibility index (Phi) is 4.88. The smallest absolute Gasteiger partial charge is 0.276 e. The lowest BCUT2D eigenvalue weighted by atomic mass is 10.2. The Bertz CT molecular complexity index is 713. The quantitative estimate of drug-likeness (QED) is 0.844. The maximum atomic E-state index is 12.6. The SMILES string of the molecule is CC(=O)N1CCCN(C(=O)c2cn(Cc3ccccc3)nn2)CC1. The first kappa shape index (κ1) is 16.2. The summed E-state index contributed by atoms with van der Waals surface area (Å²) in [5, 5.41) is 8.06. The Morgan fingerprint density at radius 2 is 1.75 bits per heavy atom. The number of carbonyl (C=O) groups excluding carboxylic acids is 2. The van der Waals surface area contributed by atoms with E-state index in [1.165, 1.54) is 0 Å². The summed E-state index contributed by atoms with van der Waals surface area (Å²) in [7, 11) is 0. The van der Waals surface area contributed by atoms with E-state index in [2.05, 4.69) is 10.3 Å². The number of carbonyl (C=O) groups is 2. The molecule has 0 bridgehead atoms. The zero-order valence-corrected chi connectivity index (χ0v) is 13.8. The van der Waals surface area contributed by atoms with Gasteiger partial charge in [-0.3, -0.25) is 9.59 Å². The molecule has 126 valence electrons. The molecule has 0 aliphatic carbocycles. The number of hydrogen-bond acceptors (Lipinski definition) is 4. The molecule has 0 atom stereocenters. The van der Waals surface area contributed by atoms with Crippen LogP contribution < -0.4 is 0 Å². The predicted molar refractivity (Wildman–Crippen MR) is 88.3 cm³/mol. The zero-order valence-electron chi connectivity index (χ0n) is 13.8. The van der Waals surface area contributed by atoms with E-state index < -0.39 is 0 Å². The highest BCUT2D eigenvalue weighted by Crippen LogP contribution is 2.09. The first-order valence-electron chi connectivity index (χ1n) is 8.12. The molecule has 0 unspecified atom stereocenters. The molecule has 2 amide bonds. The van der Waals surface area contributed by atoms with Crippen LogP contribution in [0, 0.1) is 0 Å². The van der Waals surface area contributed by atoms with Gasteiger partial charge in [0.2, 0.25) is 5.91 Å². The van der Waals surface area contributed by atoms with Gasteiger partial charge in [-0.15, -0.1) is 5.10 Å². The molecule has 7 nitrogen and oxygen atoms in total. The van der Waals surface area contributed by atoms with Gasteiger partial charge in [-0.2, -0.15) is 0 Å². The second-order valence-corrected chi connectivity index (χ2v) is 5.94. The van der Waals surface area contributed by atoms with Crippen LogP contribution in [-0.2, 0) is 11.3 Å². The number of aromatic nitrogens is 3. The topological polar surface area (TPSA) is 71.3 Å². The van der Waals surface area contributed by atoms with Gasteiger partial charge < -0.3 is 9.80 Å². The van der Waals surface area contributed by atoms with Crippen LogP contribution in [0.2, 0.25) is 0 Å². The van der Waals surface area contributed by atoms with Gasteiger partial charge in [0.1, 0.15) is 0 Å². The molecule has 24 heavy (non-hydrogen) atoms. The number of rotatable bonds is 3. The highest BCUT2D eigenvalue weighted by atomic mass is 16.2. The minimum Gasteiger partial charge on any atom is -0.341 e. The molecule has 7 heteroatoms. The van der Waals surface area contributed by atoms with Crippen LogP contribution in [0.4, 0.5) is 0 Å². The van der Waals surface area contributed by atoms with Crippen molar-refractivity contribution in [2.75, 3.05) is 26.2 Å². The van der Waals surface area contributed by atoms with E-state index in [-0.39, 0.29) is 11.8 Å². The van der Waals surface area contributed by atoms with Crippen molar-refractivity contribution in [3.8, 4) is 0 Å². The molecule has 1 aliphatic rings. The predicted octanol–water partition coefficient (Wildman–Crippen LogP) is 1.02. The monoisotopic (exact) mass is 327 g/mol. The Labute approximate surface area is 140 Å². The van der Waals surface area contributed by atoms with Crippen LogP contribution in [-0.4, -0.2) is 62.8 Å². The van der Waals surface area contributed by atoms with Crippen LogP contribution in [0.3, 0.4) is 0 Å². The molecule has 3 rings (SSSR count). The van der Waals surface area contributed by atoms with Crippen molar-refractivity contribution >= 4 is 11.8 Å². The van der Waals surface area contributed by atoms with E-state index >= 15 is 0 Å².